The van der Waals surface area contributed by atoms with Gasteiger partial charge >= 0.3 is 0 Å². The number of aromatic nitrogens is 4. The zero-order chi connectivity index (χ0) is 22.6. The van der Waals surface area contributed by atoms with E-state index in [0.29, 0.717) is 23.1 Å². The van der Waals surface area contributed by atoms with Crippen molar-refractivity contribution in [2.24, 2.45) is 0 Å². The summed E-state index contributed by atoms with van der Waals surface area (Å²) < 4.78 is 44.3. The Morgan fingerprint density at radius 2 is 1.91 bits per heavy atom. The number of hydrogen-bond acceptors (Lipinski definition) is 7. The second-order valence-corrected chi connectivity index (χ2v) is 10.1. The van der Waals surface area contributed by atoms with Crippen LogP contribution in [0.2, 0.25) is 0 Å². The monoisotopic (exact) mass is 517 g/mol. The van der Waals surface area contributed by atoms with Crippen molar-refractivity contribution in [2.45, 2.75) is 17.4 Å². The Balaban J connectivity index is 1.64. The molecule has 0 saturated heterocycles. The van der Waals surface area contributed by atoms with Crippen molar-refractivity contribution < 1.29 is 12.8 Å². The molecule has 1 aliphatic rings. The van der Waals surface area contributed by atoms with Gasteiger partial charge < -0.3 is 11.5 Å². The van der Waals surface area contributed by atoms with Crippen molar-refractivity contribution in [3.63, 3.8) is 0 Å². The number of rotatable bonds is 3. The standard InChI is InChI=1S/C20H17BrFN7O2S/c21-15-6-5-13(8-16(15)22)32(30,31)28-10-12(7-11-3-1-2-4-17(11)28)29-19-14(9-25-29)18(23)26-20(24)27-19/h1-6,8-9,12H,7,10H2,(H4,23,24,26,27). The summed E-state index contributed by atoms with van der Waals surface area (Å²) in [5.74, 6) is -0.457. The van der Waals surface area contributed by atoms with Crippen LogP contribution in [0.3, 0.4) is 0 Å². The number of sulfonamides is 1. The number of nitrogen functional groups attached to an aromatic ring is 2. The highest BCUT2D eigenvalue weighted by molar-refractivity contribution is 9.10. The van der Waals surface area contributed by atoms with Crippen LogP contribution >= 0.6 is 15.9 Å². The number of benzene rings is 2. The average Bonchev–Trinajstić information content (AvgIpc) is 3.19. The van der Waals surface area contributed by atoms with Gasteiger partial charge in [0.15, 0.2) is 5.65 Å². The molecule has 2 aromatic heterocycles. The molecular formula is C20H17BrFN7O2S. The van der Waals surface area contributed by atoms with Crippen LogP contribution in [0.25, 0.3) is 11.0 Å². The summed E-state index contributed by atoms with van der Waals surface area (Å²) in [5, 5.41) is 4.93. The molecule has 0 amide bonds. The van der Waals surface area contributed by atoms with E-state index in [0.717, 1.165) is 11.6 Å². The highest BCUT2D eigenvalue weighted by Crippen LogP contribution is 2.37. The minimum absolute atomic E-state index is 0.00257. The van der Waals surface area contributed by atoms with Gasteiger partial charge in [-0.25, -0.2) is 17.5 Å². The number of para-hydroxylation sites is 1. The van der Waals surface area contributed by atoms with Crippen LogP contribution in [0.15, 0.2) is 58.0 Å². The highest BCUT2D eigenvalue weighted by atomic mass is 79.9. The van der Waals surface area contributed by atoms with Gasteiger partial charge in [0.05, 0.1) is 39.2 Å². The lowest BCUT2D eigenvalue weighted by Crippen LogP contribution is -2.41. The zero-order valence-electron chi connectivity index (χ0n) is 16.5. The molecule has 164 valence electrons. The summed E-state index contributed by atoms with van der Waals surface area (Å²) in [7, 11) is -4.06. The molecule has 5 rings (SSSR count). The van der Waals surface area contributed by atoms with Crippen molar-refractivity contribution in [2.75, 3.05) is 22.3 Å². The normalized spacial score (nSPS) is 16.3. The Morgan fingerprint density at radius 1 is 1.12 bits per heavy atom. The van der Waals surface area contributed by atoms with Crippen LogP contribution in [0.1, 0.15) is 11.6 Å². The van der Waals surface area contributed by atoms with Crippen molar-refractivity contribution >= 4 is 54.4 Å². The summed E-state index contributed by atoms with van der Waals surface area (Å²) >= 11 is 3.06. The number of hydrogen-bond donors (Lipinski definition) is 2. The number of anilines is 3. The van der Waals surface area contributed by atoms with E-state index in [1.165, 1.54) is 22.6 Å². The Bertz CT molecular complexity index is 1470. The molecule has 1 atom stereocenters. The Hall–Kier alpha value is -3.25. The Kier molecular flexibility index (Phi) is 4.78. The van der Waals surface area contributed by atoms with E-state index < -0.39 is 21.9 Å². The summed E-state index contributed by atoms with van der Waals surface area (Å²) in [5.41, 5.74) is 13.5. The Labute approximate surface area is 191 Å². The van der Waals surface area contributed by atoms with Crippen LogP contribution in [0.5, 0.6) is 0 Å². The molecule has 4 aromatic rings. The fourth-order valence-electron chi connectivity index (χ4n) is 3.92. The van der Waals surface area contributed by atoms with E-state index in [1.807, 2.05) is 12.1 Å². The smallest absolute Gasteiger partial charge is 0.264 e. The molecule has 1 unspecified atom stereocenters. The largest absolute Gasteiger partial charge is 0.383 e. The van der Waals surface area contributed by atoms with Gasteiger partial charge in [0, 0.05) is 0 Å². The third-order valence-electron chi connectivity index (χ3n) is 5.42. The van der Waals surface area contributed by atoms with Crippen LogP contribution in [-0.4, -0.2) is 34.7 Å². The molecular weight excluding hydrogens is 501 g/mol. The van der Waals surface area contributed by atoms with Crippen LogP contribution in [-0.2, 0) is 16.4 Å². The molecule has 0 radical (unpaired) electrons. The molecule has 0 aliphatic carbocycles. The summed E-state index contributed by atoms with van der Waals surface area (Å²) in [6.45, 7) is 0.0671. The van der Waals surface area contributed by atoms with E-state index in [9.17, 15) is 12.8 Å². The van der Waals surface area contributed by atoms with Gasteiger partial charge in [-0.3, -0.25) is 4.31 Å². The van der Waals surface area contributed by atoms with Crippen molar-refractivity contribution in [3.8, 4) is 0 Å². The summed E-state index contributed by atoms with van der Waals surface area (Å²) in [6.07, 6.45) is 2.05. The maximum Gasteiger partial charge on any atom is 0.264 e. The molecule has 9 nitrogen and oxygen atoms in total. The number of fused-ring (bicyclic) bond motifs is 2. The third-order valence-corrected chi connectivity index (χ3v) is 7.84. The SMILES string of the molecule is Nc1nc(N)c2cnn(C3Cc4ccccc4N(S(=O)(=O)c4ccc(Br)c(F)c4)C3)c2n1. The number of halogens is 2. The molecule has 2 aromatic carbocycles. The van der Waals surface area contributed by atoms with Crippen LogP contribution in [0, 0.1) is 5.82 Å². The molecule has 0 saturated carbocycles. The first kappa shape index (κ1) is 20.6. The molecule has 0 bridgehead atoms. The molecule has 12 heteroatoms. The molecule has 4 N–H and O–H groups in total. The number of nitrogens with zero attached hydrogens (tertiary/aromatic N) is 5. The molecule has 0 spiro atoms. The topological polar surface area (TPSA) is 133 Å². The summed E-state index contributed by atoms with van der Waals surface area (Å²) in [6, 6.07) is 10.5. The van der Waals surface area contributed by atoms with E-state index in [4.69, 9.17) is 11.5 Å². The van der Waals surface area contributed by atoms with Crippen LogP contribution < -0.4 is 15.8 Å². The fourth-order valence-corrected chi connectivity index (χ4v) is 5.72. The van der Waals surface area contributed by atoms with Crippen molar-refractivity contribution in [1.82, 2.24) is 19.7 Å². The maximum atomic E-state index is 14.1. The second kappa shape index (κ2) is 7.41. The van der Waals surface area contributed by atoms with Crippen molar-refractivity contribution in [3.05, 3.63) is 64.5 Å². The lowest BCUT2D eigenvalue weighted by molar-refractivity contribution is 0.456. The lowest BCUT2D eigenvalue weighted by atomic mass is 10.00. The Morgan fingerprint density at radius 3 is 2.69 bits per heavy atom. The van der Waals surface area contributed by atoms with Gasteiger partial charge in [0.2, 0.25) is 5.95 Å². The predicted octanol–water partition coefficient (Wildman–Crippen LogP) is 2.89. The minimum Gasteiger partial charge on any atom is -0.383 e. The first-order valence-corrected chi connectivity index (χ1v) is 11.8. The first-order chi connectivity index (χ1) is 15.3. The molecule has 0 fully saturated rings. The molecule has 32 heavy (non-hydrogen) atoms. The third kappa shape index (κ3) is 3.26. The van der Waals surface area contributed by atoms with Crippen LogP contribution in [0.4, 0.5) is 21.8 Å². The predicted molar refractivity (Wildman–Crippen MR) is 122 cm³/mol. The van der Waals surface area contributed by atoms with E-state index in [-0.39, 0.29) is 27.7 Å². The fraction of sp³-hybridized carbons (Fsp3) is 0.150. The summed E-state index contributed by atoms with van der Waals surface area (Å²) in [4.78, 5) is 8.07. The van der Waals surface area contributed by atoms with E-state index >= 15 is 0 Å². The first-order valence-electron chi connectivity index (χ1n) is 9.57. The van der Waals surface area contributed by atoms with Gasteiger partial charge in [-0.1, -0.05) is 18.2 Å². The maximum absolute atomic E-state index is 14.1. The van der Waals surface area contributed by atoms with Gasteiger partial charge in [-0.2, -0.15) is 15.1 Å². The second-order valence-electron chi connectivity index (χ2n) is 7.39. The average molecular weight is 518 g/mol. The van der Waals surface area contributed by atoms with Gasteiger partial charge in [0.25, 0.3) is 10.0 Å². The van der Waals surface area contributed by atoms with Gasteiger partial charge in [0.1, 0.15) is 11.6 Å². The minimum atomic E-state index is -4.06. The van der Waals surface area contributed by atoms with Gasteiger partial charge in [-0.15, -0.1) is 0 Å². The number of nitrogens with two attached hydrogens (primary N) is 2. The quantitative estimate of drug-likeness (QED) is 0.426. The van der Waals surface area contributed by atoms with E-state index in [1.54, 1.807) is 16.8 Å². The van der Waals surface area contributed by atoms with E-state index in [2.05, 4.69) is 31.0 Å². The molecule has 1 aliphatic heterocycles. The highest BCUT2D eigenvalue weighted by Gasteiger charge is 2.35. The lowest BCUT2D eigenvalue weighted by Gasteiger charge is -2.35. The van der Waals surface area contributed by atoms with Gasteiger partial charge in [-0.05, 0) is 52.2 Å². The zero-order valence-corrected chi connectivity index (χ0v) is 18.9. The van der Waals surface area contributed by atoms with Crippen molar-refractivity contribution in [1.29, 1.82) is 0 Å². The molecule has 3 heterocycles.